The zero-order chi connectivity index (χ0) is 15.0. The number of carbonyl (C=O) groups excluding carboxylic acids is 1. The Balaban J connectivity index is 1.94. The van der Waals surface area contributed by atoms with Crippen LogP contribution in [0.15, 0.2) is 61.2 Å². The van der Waals surface area contributed by atoms with Gasteiger partial charge in [0.05, 0.1) is 5.41 Å². The van der Waals surface area contributed by atoms with Crippen LogP contribution < -0.4 is 0 Å². The first-order chi connectivity index (χ1) is 10.1. The molecule has 0 radical (unpaired) electrons. The molecule has 106 valence electrons. The predicted octanol–water partition coefficient (Wildman–Crippen LogP) is 4.56. The van der Waals surface area contributed by atoms with Gasteiger partial charge >= 0.3 is 0 Å². The lowest BCUT2D eigenvalue weighted by Crippen LogP contribution is -2.24. The van der Waals surface area contributed by atoms with Crippen molar-refractivity contribution >= 4 is 35.6 Å². The molecule has 1 aliphatic rings. The first kappa shape index (κ1) is 14.4. The Labute approximate surface area is 135 Å². The highest BCUT2D eigenvalue weighted by Gasteiger charge is 2.59. The summed E-state index contributed by atoms with van der Waals surface area (Å²) in [6.45, 7) is 3.99. The Hall–Kier alpha value is -1.51. The molecule has 2 aromatic carbocycles. The van der Waals surface area contributed by atoms with E-state index < -0.39 is 5.41 Å². The van der Waals surface area contributed by atoms with Crippen molar-refractivity contribution in [3.8, 4) is 0 Å². The van der Waals surface area contributed by atoms with Gasteiger partial charge in [-0.3, -0.25) is 4.79 Å². The summed E-state index contributed by atoms with van der Waals surface area (Å²) in [5.74, 6) is 0.0519. The van der Waals surface area contributed by atoms with E-state index in [-0.39, 0.29) is 11.0 Å². The normalized spacial score (nSPS) is 23.6. The lowest BCUT2D eigenvalue weighted by Gasteiger charge is -2.17. The number of halogens is 1. The molecule has 2 aromatic rings. The molecule has 3 rings (SSSR count). The van der Waals surface area contributed by atoms with Gasteiger partial charge in [0, 0.05) is 15.8 Å². The summed E-state index contributed by atoms with van der Waals surface area (Å²) in [5, 5.41) is 0.701. The van der Waals surface area contributed by atoms with E-state index in [1.54, 1.807) is 12.1 Å². The minimum atomic E-state index is -0.527. The van der Waals surface area contributed by atoms with Crippen LogP contribution in [-0.2, 0) is 10.2 Å². The Bertz CT molecular complexity index is 693. The average Bonchev–Trinajstić information content (AvgIpc) is 3.20. The van der Waals surface area contributed by atoms with Crippen molar-refractivity contribution in [1.82, 2.24) is 0 Å². The summed E-state index contributed by atoms with van der Waals surface area (Å²) in [5.41, 5.74) is 1.82. The molecular weight excluding hydrogens is 300 g/mol. The van der Waals surface area contributed by atoms with Gasteiger partial charge in [-0.1, -0.05) is 60.6 Å². The minimum Gasteiger partial charge on any atom is -0.293 e. The summed E-state index contributed by atoms with van der Waals surface area (Å²) in [6.07, 6.45) is 0.756. The number of Topliss-reactive ketones (excluding diaryl/α,β-unsaturated/α-hetero) is 1. The van der Waals surface area contributed by atoms with Crippen LogP contribution in [0.1, 0.15) is 17.5 Å². The highest BCUT2D eigenvalue weighted by atomic mass is 35.5. The van der Waals surface area contributed by atoms with Crippen molar-refractivity contribution in [2.75, 3.05) is 0 Å². The topological polar surface area (TPSA) is 17.1 Å². The highest BCUT2D eigenvalue weighted by Crippen LogP contribution is 2.54. The quantitative estimate of drug-likeness (QED) is 0.646. The third-order valence-electron chi connectivity index (χ3n) is 4.08. The molecular formula is C18H15ClOS. The molecule has 1 nitrogen and oxygen atoms in total. The van der Waals surface area contributed by atoms with E-state index >= 15 is 0 Å². The molecule has 0 N–H and O–H groups in total. The van der Waals surface area contributed by atoms with Gasteiger partial charge in [0.1, 0.15) is 0 Å². The van der Waals surface area contributed by atoms with E-state index in [0.717, 1.165) is 17.5 Å². The van der Waals surface area contributed by atoms with Gasteiger partial charge in [-0.05, 0) is 29.7 Å². The van der Waals surface area contributed by atoms with Crippen molar-refractivity contribution < 1.29 is 4.79 Å². The predicted molar refractivity (Wildman–Crippen MR) is 91.0 cm³/mol. The number of rotatable bonds is 4. The van der Waals surface area contributed by atoms with Crippen LogP contribution in [0.25, 0.3) is 5.57 Å². The van der Waals surface area contributed by atoms with E-state index in [4.69, 9.17) is 11.6 Å². The second-order valence-electron chi connectivity index (χ2n) is 5.37. The van der Waals surface area contributed by atoms with Crippen molar-refractivity contribution in [2.45, 2.75) is 17.1 Å². The zero-order valence-electron chi connectivity index (χ0n) is 11.4. The van der Waals surface area contributed by atoms with Crippen LogP contribution in [-0.4, -0.2) is 11.0 Å². The number of ketones is 1. The Morgan fingerprint density at radius 3 is 2.24 bits per heavy atom. The standard InChI is InChI=1S/C18H15ClOS/c1-12(13-7-9-15(19)10-8-13)17(20)18(11-16(18)21)14-5-3-2-4-6-14/h2-10,16,21H,1,11H2. The summed E-state index contributed by atoms with van der Waals surface area (Å²) in [6, 6.07) is 17.0. The molecule has 2 unspecified atom stereocenters. The van der Waals surface area contributed by atoms with Crippen LogP contribution in [0.4, 0.5) is 0 Å². The third kappa shape index (κ3) is 2.43. The second kappa shape index (κ2) is 5.36. The monoisotopic (exact) mass is 314 g/mol. The van der Waals surface area contributed by atoms with Gasteiger partial charge in [-0.25, -0.2) is 0 Å². The minimum absolute atomic E-state index is 0.0519. The van der Waals surface area contributed by atoms with Crippen molar-refractivity contribution in [3.63, 3.8) is 0 Å². The smallest absolute Gasteiger partial charge is 0.174 e. The van der Waals surface area contributed by atoms with E-state index in [2.05, 4.69) is 19.2 Å². The van der Waals surface area contributed by atoms with Gasteiger partial charge < -0.3 is 0 Å². The molecule has 2 atom stereocenters. The number of thiol groups is 1. The van der Waals surface area contributed by atoms with Gasteiger partial charge in [0.2, 0.25) is 0 Å². The molecule has 0 heterocycles. The average molecular weight is 315 g/mol. The van der Waals surface area contributed by atoms with Crippen molar-refractivity contribution in [1.29, 1.82) is 0 Å². The first-order valence-corrected chi connectivity index (χ1v) is 7.68. The number of allylic oxidation sites excluding steroid dienone is 1. The summed E-state index contributed by atoms with van der Waals surface area (Å²) in [4.78, 5) is 12.9. The van der Waals surface area contributed by atoms with Gasteiger partial charge in [-0.2, -0.15) is 12.6 Å². The van der Waals surface area contributed by atoms with E-state index in [0.29, 0.717) is 10.6 Å². The molecule has 1 aliphatic carbocycles. The lowest BCUT2D eigenvalue weighted by atomic mass is 9.85. The van der Waals surface area contributed by atoms with Crippen LogP contribution in [0.3, 0.4) is 0 Å². The van der Waals surface area contributed by atoms with Crippen LogP contribution >= 0.6 is 24.2 Å². The van der Waals surface area contributed by atoms with Crippen molar-refractivity contribution in [3.05, 3.63) is 77.3 Å². The lowest BCUT2D eigenvalue weighted by molar-refractivity contribution is -0.115. The SMILES string of the molecule is C=C(C(=O)C1(c2ccccc2)CC1S)c1ccc(Cl)cc1. The maximum atomic E-state index is 12.9. The fourth-order valence-corrected chi connectivity index (χ4v) is 3.40. The zero-order valence-corrected chi connectivity index (χ0v) is 13.1. The highest BCUT2D eigenvalue weighted by molar-refractivity contribution is 7.81. The van der Waals surface area contributed by atoms with Crippen molar-refractivity contribution in [2.24, 2.45) is 0 Å². The number of hydrogen-bond donors (Lipinski definition) is 1. The summed E-state index contributed by atoms with van der Waals surface area (Å²) < 4.78 is 0. The second-order valence-corrected chi connectivity index (χ2v) is 6.43. The van der Waals surface area contributed by atoms with Crippen LogP contribution in [0.5, 0.6) is 0 Å². The Kier molecular flexibility index (Phi) is 3.68. The summed E-state index contributed by atoms with van der Waals surface area (Å²) in [7, 11) is 0. The number of carbonyl (C=O) groups is 1. The number of hydrogen-bond acceptors (Lipinski definition) is 2. The molecule has 21 heavy (non-hydrogen) atoms. The molecule has 1 saturated carbocycles. The fraction of sp³-hybridized carbons (Fsp3) is 0.167. The first-order valence-electron chi connectivity index (χ1n) is 6.79. The summed E-state index contributed by atoms with van der Waals surface area (Å²) >= 11 is 10.4. The fourth-order valence-electron chi connectivity index (χ4n) is 2.72. The molecule has 0 aliphatic heterocycles. The van der Waals surface area contributed by atoms with E-state index in [1.807, 2.05) is 42.5 Å². The van der Waals surface area contributed by atoms with Crippen LogP contribution in [0, 0.1) is 0 Å². The molecule has 1 fully saturated rings. The van der Waals surface area contributed by atoms with Gasteiger partial charge in [-0.15, -0.1) is 0 Å². The Morgan fingerprint density at radius 2 is 1.71 bits per heavy atom. The third-order valence-corrected chi connectivity index (χ3v) is 4.96. The van der Waals surface area contributed by atoms with Crippen LogP contribution in [0.2, 0.25) is 5.02 Å². The van der Waals surface area contributed by atoms with Gasteiger partial charge in [0.15, 0.2) is 5.78 Å². The Morgan fingerprint density at radius 1 is 1.14 bits per heavy atom. The molecule has 0 spiro atoms. The molecule has 3 heteroatoms. The molecule has 0 amide bonds. The molecule has 0 saturated heterocycles. The van der Waals surface area contributed by atoms with E-state index in [9.17, 15) is 4.79 Å². The maximum Gasteiger partial charge on any atom is 0.174 e. The van der Waals surface area contributed by atoms with E-state index in [1.165, 1.54) is 0 Å². The maximum absolute atomic E-state index is 12.9. The molecule has 0 bridgehead atoms. The largest absolute Gasteiger partial charge is 0.293 e. The number of benzene rings is 2. The molecule has 0 aromatic heterocycles. The van der Waals surface area contributed by atoms with Gasteiger partial charge in [0.25, 0.3) is 0 Å².